The van der Waals surface area contributed by atoms with Gasteiger partial charge in [0.1, 0.15) is 17.2 Å². The van der Waals surface area contributed by atoms with Crippen molar-refractivity contribution in [3.63, 3.8) is 0 Å². The van der Waals surface area contributed by atoms with Gasteiger partial charge >= 0.3 is 0 Å². The molecule has 0 spiro atoms. The molecule has 2 heterocycles. The zero-order valence-electron chi connectivity index (χ0n) is 9.84. The molecule has 0 aromatic carbocycles. The van der Waals surface area contributed by atoms with Crippen molar-refractivity contribution in [3.8, 4) is 6.07 Å². The van der Waals surface area contributed by atoms with Crippen LogP contribution in [0.1, 0.15) is 44.5 Å². The van der Waals surface area contributed by atoms with Gasteiger partial charge in [0.25, 0.3) is 5.56 Å². The Morgan fingerprint density at radius 3 is 2.50 bits per heavy atom. The van der Waals surface area contributed by atoms with Crippen LogP contribution in [0, 0.1) is 11.3 Å². The third-order valence-electron chi connectivity index (χ3n) is 2.92. The van der Waals surface area contributed by atoms with Gasteiger partial charge in [0.2, 0.25) is 0 Å². The smallest absolute Gasteiger partial charge is 0.266 e. The maximum atomic E-state index is 11.6. The highest BCUT2D eigenvalue weighted by atomic mass is 16.5. The second-order valence-corrected chi connectivity index (χ2v) is 5.04. The summed E-state index contributed by atoms with van der Waals surface area (Å²) in [7, 11) is 0. The number of H-pyrrole nitrogens is 1. The Hall–Kier alpha value is -1.60. The van der Waals surface area contributed by atoms with E-state index < -0.39 is 11.2 Å². The number of nitrogens with zero attached hydrogens (tertiary/aromatic N) is 1. The molecule has 0 unspecified atom stereocenters. The summed E-state index contributed by atoms with van der Waals surface area (Å²) in [4.78, 5) is 14.3. The van der Waals surface area contributed by atoms with Gasteiger partial charge in [0.15, 0.2) is 0 Å². The Kier molecular flexibility index (Phi) is 2.01. The first-order valence-electron chi connectivity index (χ1n) is 5.16. The normalized spacial score (nSPS) is 20.2. The molecule has 1 aromatic heterocycles. The monoisotopic (exact) mass is 218 g/mol. The molecule has 1 aromatic rings. The van der Waals surface area contributed by atoms with Gasteiger partial charge in [0.05, 0.1) is 11.3 Å². The lowest BCUT2D eigenvalue weighted by Crippen LogP contribution is -2.23. The Bertz CT molecular complexity index is 547. The van der Waals surface area contributed by atoms with Gasteiger partial charge in [-0.25, -0.2) is 0 Å². The number of rotatable bonds is 0. The second kappa shape index (κ2) is 2.96. The molecule has 1 N–H and O–H groups in total. The molecule has 0 radical (unpaired) electrons. The quantitative estimate of drug-likeness (QED) is 0.721. The summed E-state index contributed by atoms with van der Waals surface area (Å²) in [5.41, 5.74) is 0.430. The molecule has 16 heavy (non-hydrogen) atoms. The van der Waals surface area contributed by atoms with Crippen molar-refractivity contribution >= 4 is 0 Å². The van der Waals surface area contributed by atoms with Gasteiger partial charge < -0.3 is 9.72 Å². The molecule has 0 bridgehead atoms. The van der Waals surface area contributed by atoms with Crippen LogP contribution in [-0.2, 0) is 15.9 Å². The maximum Gasteiger partial charge on any atom is 0.266 e. The summed E-state index contributed by atoms with van der Waals surface area (Å²) in [6, 6.07) is 3.52. The average Bonchev–Trinajstić information content (AvgIpc) is 2.31. The first-order valence-corrected chi connectivity index (χ1v) is 5.16. The van der Waals surface area contributed by atoms with Crippen molar-refractivity contribution in [3.05, 3.63) is 33.2 Å². The van der Waals surface area contributed by atoms with E-state index in [-0.39, 0.29) is 11.1 Å². The van der Waals surface area contributed by atoms with E-state index in [1.807, 2.05) is 33.8 Å². The molecular formula is C12H14N2O2. The largest absolute Gasteiger partial charge is 0.359 e. The van der Waals surface area contributed by atoms with E-state index >= 15 is 0 Å². The van der Waals surface area contributed by atoms with E-state index in [4.69, 9.17) is 10.00 Å². The number of fused-ring (bicyclic) bond motifs is 1. The molecule has 0 fully saturated rings. The molecular weight excluding hydrogens is 204 g/mol. The number of nitriles is 1. The van der Waals surface area contributed by atoms with Crippen molar-refractivity contribution in [2.75, 3.05) is 0 Å². The SMILES string of the molecule is CC1(C)OC(C)(C)c2[nH]c(=O)c(C#N)cc21. The summed E-state index contributed by atoms with van der Waals surface area (Å²) in [5.74, 6) is 0. The minimum absolute atomic E-state index is 0.133. The van der Waals surface area contributed by atoms with Crippen LogP contribution < -0.4 is 5.56 Å². The molecule has 2 rings (SSSR count). The molecule has 0 saturated heterocycles. The van der Waals surface area contributed by atoms with Gasteiger partial charge in [-0.2, -0.15) is 5.26 Å². The van der Waals surface area contributed by atoms with Crippen LogP contribution in [0.5, 0.6) is 0 Å². The van der Waals surface area contributed by atoms with Crippen LogP contribution in [0.15, 0.2) is 10.9 Å². The number of aromatic nitrogens is 1. The first kappa shape index (κ1) is 10.9. The fourth-order valence-corrected chi connectivity index (χ4v) is 2.31. The third-order valence-corrected chi connectivity index (χ3v) is 2.92. The van der Waals surface area contributed by atoms with Crippen LogP contribution in [0.2, 0.25) is 0 Å². The highest BCUT2D eigenvalue weighted by Gasteiger charge is 2.44. The van der Waals surface area contributed by atoms with Crippen molar-refractivity contribution in [2.24, 2.45) is 0 Å². The standard InChI is InChI=1S/C12H14N2O2/c1-11(2)8-5-7(6-13)10(15)14-9(8)12(3,4)16-11/h5H,1-4H3,(H,14,15). The summed E-state index contributed by atoms with van der Waals surface area (Å²) in [5, 5.41) is 8.84. The Balaban J connectivity index is 2.79. The van der Waals surface area contributed by atoms with E-state index in [1.54, 1.807) is 6.07 Å². The molecule has 4 nitrogen and oxygen atoms in total. The van der Waals surface area contributed by atoms with Crippen LogP contribution in [0.25, 0.3) is 0 Å². The predicted octanol–water partition coefficient (Wildman–Crippen LogP) is 1.75. The molecule has 1 aliphatic rings. The van der Waals surface area contributed by atoms with Crippen LogP contribution in [0.3, 0.4) is 0 Å². The van der Waals surface area contributed by atoms with Crippen LogP contribution >= 0.6 is 0 Å². The summed E-state index contributed by atoms with van der Waals surface area (Å²) >= 11 is 0. The molecule has 0 aliphatic carbocycles. The Morgan fingerprint density at radius 2 is 1.94 bits per heavy atom. The Labute approximate surface area is 93.9 Å². The highest BCUT2D eigenvalue weighted by Crippen LogP contribution is 2.44. The van der Waals surface area contributed by atoms with Crippen molar-refractivity contribution < 1.29 is 4.74 Å². The average molecular weight is 218 g/mol. The highest BCUT2D eigenvalue weighted by molar-refractivity contribution is 5.40. The summed E-state index contributed by atoms with van der Waals surface area (Å²) in [6.07, 6.45) is 0. The molecule has 0 saturated carbocycles. The third kappa shape index (κ3) is 1.36. The molecule has 4 heteroatoms. The zero-order valence-corrected chi connectivity index (χ0v) is 9.84. The van der Waals surface area contributed by atoms with Crippen molar-refractivity contribution in [1.82, 2.24) is 4.98 Å². The molecule has 84 valence electrons. The van der Waals surface area contributed by atoms with E-state index in [2.05, 4.69) is 4.98 Å². The number of hydrogen-bond acceptors (Lipinski definition) is 3. The van der Waals surface area contributed by atoms with Crippen molar-refractivity contribution in [2.45, 2.75) is 38.9 Å². The van der Waals surface area contributed by atoms with Gasteiger partial charge in [-0.05, 0) is 33.8 Å². The van der Waals surface area contributed by atoms with Crippen LogP contribution in [-0.4, -0.2) is 4.98 Å². The summed E-state index contributed by atoms with van der Waals surface area (Å²) < 4.78 is 5.88. The van der Waals surface area contributed by atoms with Gasteiger partial charge in [-0.3, -0.25) is 4.79 Å². The topological polar surface area (TPSA) is 65.9 Å². The second-order valence-electron chi connectivity index (χ2n) is 5.04. The minimum Gasteiger partial charge on any atom is -0.359 e. The zero-order chi connectivity index (χ0) is 12.1. The predicted molar refractivity (Wildman–Crippen MR) is 58.9 cm³/mol. The number of ether oxygens (including phenoxy) is 1. The maximum absolute atomic E-state index is 11.6. The lowest BCUT2D eigenvalue weighted by Gasteiger charge is -2.24. The minimum atomic E-state index is -0.522. The fourth-order valence-electron chi connectivity index (χ4n) is 2.31. The lowest BCUT2D eigenvalue weighted by molar-refractivity contribution is -0.106. The van der Waals surface area contributed by atoms with Crippen molar-refractivity contribution in [1.29, 1.82) is 5.26 Å². The van der Waals surface area contributed by atoms with E-state index in [1.165, 1.54) is 0 Å². The molecule has 1 aliphatic heterocycles. The Morgan fingerprint density at radius 1 is 1.31 bits per heavy atom. The number of aromatic amines is 1. The first-order chi connectivity index (χ1) is 7.28. The van der Waals surface area contributed by atoms with E-state index in [9.17, 15) is 4.79 Å². The number of pyridine rings is 1. The van der Waals surface area contributed by atoms with E-state index in [0.717, 1.165) is 11.3 Å². The van der Waals surface area contributed by atoms with Gasteiger partial charge in [-0.1, -0.05) is 0 Å². The van der Waals surface area contributed by atoms with Crippen LogP contribution in [0.4, 0.5) is 0 Å². The molecule has 0 atom stereocenters. The number of nitrogens with one attached hydrogen (secondary N) is 1. The van der Waals surface area contributed by atoms with Gasteiger partial charge in [-0.15, -0.1) is 0 Å². The lowest BCUT2D eigenvalue weighted by atomic mass is 9.94. The fraction of sp³-hybridized carbons (Fsp3) is 0.500. The molecule has 0 amide bonds. The van der Waals surface area contributed by atoms with Gasteiger partial charge in [0, 0.05) is 5.56 Å². The van der Waals surface area contributed by atoms with E-state index in [0.29, 0.717) is 0 Å². The summed E-state index contributed by atoms with van der Waals surface area (Å²) in [6.45, 7) is 7.67. The number of hydrogen-bond donors (Lipinski definition) is 1.